The van der Waals surface area contributed by atoms with Crippen molar-refractivity contribution < 1.29 is 22.7 Å². The SMILES string of the molecule is CCCN(CC(F)(F)F)c1cccc(F)c1[C@H](C)O. The lowest BCUT2D eigenvalue weighted by Crippen LogP contribution is -2.35. The molecule has 1 atom stereocenters. The van der Waals surface area contributed by atoms with Gasteiger partial charge in [-0.2, -0.15) is 13.2 Å². The summed E-state index contributed by atoms with van der Waals surface area (Å²) in [6.45, 7) is 2.05. The van der Waals surface area contributed by atoms with Crippen molar-refractivity contribution in [1.82, 2.24) is 0 Å². The predicted molar refractivity (Wildman–Crippen MR) is 65.6 cm³/mol. The number of hydrogen-bond acceptors (Lipinski definition) is 2. The Morgan fingerprint density at radius 1 is 1.32 bits per heavy atom. The van der Waals surface area contributed by atoms with Gasteiger partial charge in [-0.15, -0.1) is 0 Å². The molecule has 0 saturated heterocycles. The molecule has 1 rings (SSSR count). The van der Waals surface area contributed by atoms with Crippen molar-refractivity contribution in [2.45, 2.75) is 32.5 Å². The van der Waals surface area contributed by atoms with E-state index in [9.17, 15) is 22.7 Å². The highest BCUT2D eigenvalue weighted by Gasteiger charge is 2.32. The van der Waals surface area contributed by atoms with Crippen LogP contribution in [0.2, 0.25) is 0 Å². The Labute approximate surface area is 109 Å². The number of anilines is 1. The van der Waals surface area contributed by atoms with E-state index in [1.807, 2.05) is 0 Å². The Bertz CT molecular complexity index is 418. The molecular formula is C13H17F4NO. The average molecular weight is 279 g/mol. The number of hydrogen-bond donors (Lipinski definition) is 1. The van der Waals surface area contributed by atoms with Gasteiger partial charge < -0.3 is 10.0 Å². The lowest BCUT2D eigenvalue weighted by molar-refractivity contribution is -0.119. The third kappa shape index (κ3) is 4.38. The van der Waals surface area contributed by atoms with Gasteiger partial charge in [-0.1, -0.05) is 13.0 Å². The van der Waals surface area contributed by atoms with E-state index in [0.717, 1.165) is 11.0 Å². The van der Waals surface area contributed by atoms with Crippen LogP contribution in [0.15, 0.2) is 18.2 Å². The summed E-state index contributed by atoms with van der Waals surface area (Å²) >= 11 is 0. The van der Waals surface area contributed by atoms with Gasteiger partial charge in [0.15, 0.2) is 0 Å². The minimum atomic E-state index is -4.38. The number of alkyl halides is 3. The first-order valence-electron chi connectivity index (χ1n) is 6.04. The largest absolute Gasteiger partial charge is 0.405 e. The van der Waals surface area contributed by atoms with E-state index >= 15 is 0 Å². The summed E-state index contributed by atoms with van der Waals surface area (Å²) in [6, 6.07) is 3.87. The molecule has 6 heteroatoms. The Morgan fingerprint density at radius 2 is 1.95 bits per heavy atom. The fraction of sp³-hybridized carbons (Fsp3) is 0.538. The molecule has 1 N–H and O–H groups in total. The van der Waals surface area contributed by atoms with Crippen LogP contribution in [0.5, 0.6) is 0 Å². The zero-order valence-corrected chi connectivity index (χ0v) is 10.8. The Balaban J connectivity index is 3.18. The van der Waals surface area contributed by atoms with Gasteiger partial charge in [0.2, 0.25) is 0 Å². The van der Waals surface area contributed by atoms with E-state index in [-0.39, 0.29) is 17.8 Å². The summed E-state index contributed by atoms with van der Waals surface area (Å²) in [7, 11) is 0. The first-order chi connectivity index (χ1) is 8.76. The number of aliphatic hydroxyl groups is 1. The van der Waals surface area contributed by atoms with Crippen molar-refractivity contribution in [3.8, 4) is 0 Å². The smallest absolute Gasteiger partial charge is 0.389 e. The van der Waals surface area contributed by atoms with Gasteiger partial charge in [0, 0.05) is 17.8 Å². The van der Waals surface area contributed by atoms with Gasteiger partial charge in [0.25, 0.3) is 0 Å². The van der Waals surface area contributed by atoms with Crippen LogP contribution in [-0.4, -0.2) is 24.4 Å². The number of aliphatic hydroxyl groups excluding tert-OH is 1. The van der Waals surface area contributed by atoms with Crippen molar-refractivity contribution in [1.29, 1.82) is 0 Å². The summed E-state index contributed by atoms with van der Waals surface area (Å²) < 4.78 is 51.3. The Hall–Kier alpha value is -1.30. The molecule has 0 aliphatic rings. The molecule has 0 bridgehead atoms. The number of nitrogens with zero attached hydrogens (tertiary/aromatic N) is 1. The summed E-state index contributed by atoms with van der Waals surface area (Å²) in [5, 5.41) is 9.55. The minimum Gasteiger partial charge on any atom is -0.389 e. The third-order valence-corrected chi connectivity index (χ3v) is 2.65. The molecule has 0 spiro atoms. The molecule has 0 aromatic heterocycles. The molecular weight excluding hydrogens is 262 g/mol. The maximum Gasteiger partial charge on any atom is 0.405 e. The second-order valence-electron chi connectivity index (χ2n) is 4.39. The fourth-order valence-corrected chi connectivity index (χ4v) is 1.99. The van der Waals surface area contributed by atoms with Crippen LogP contribution in [0.25, 0.3) is 0 Å². The van der Waals surface area contributed by atoms with Crippen molar-refractivity contribution in [3.05, 3.63) is 29.6 Å². The van der Waals surface area contributed by atoms with E-state index in [1.54, 1.807) is 6.92 Å². The second-order valence-corrected chi connectivity index (χ2v) is 4.39. The lowest BCUT2D eigenvalue weighted by atomic mass is 10.1. The van der Waals surface area contributed by atoms with Gasteiger partial charge >= 0.3 is 6.18 Å². The van der Waals surface area contributed by atoms with Crippen LogP contribution in [-0.2, 0) is 0 Å². The zero-order chi connectivity index (χ0) is 14.6. The van der Waals surface area contributed by atoms with E-state index in [0.29, 0.717) is 6.42 Å². The van der Waals surface area contributed by atoms with E-state index in [4.69, 9.17) is 0 Å². The van der Waals surface area contributed by atoms with Crippen molar-refractivity contribution in [2.75, 3.05) is 18.0 Å². The highest BCUT2D eigenvalue weighted by molar-refractivity contribution is 5.55. The van der Waals surface area contributed by atoms with E-state index in [2.05, 4.69) is 0 Å². The standard InChI is InChI=1S/C13H17F4NO/c1-3-7-18(8-13(15,16)17)11-6-4-5-10(14)12(11)9(2)19/h4-6,9,19H,3,7-8H2,1-2H3/t9-/m0/s1. The summed E-state index contributed by atoms with van der Waals surface area (Å²) in [5.74, 6) is -0.698. The van der Waals surface area contributed by atoms with Gasteiger partial charge in [-0.25, -0.2) is 4.39 Å². The molecule has 0 heterocycles. The van der Waals surface area contributed by atoms with Crippen LogP contribution >= 0.6 is 0 Å². The average Bonchev–Trinajstić information content (AvgIpc) is 2.25. The molecule has 0 amide bonds. The first kappa shape index (κ1) is 15.8. The Kier molecular flexibility index (Phi) is 5.17. The first-order valence-corrected chi connectivity index (χ1v) is 6.04. The molecule has 0 unspecified atom stereocenters. The normalized spacial score (nSPS) is 13.4. The molecule has 2 nitrogen and oxygen atoms in total. The van der Waals surface area contributed by atoms with Crippen molar-refractivity contribution >= 4 is 5.69 Å². The highest BCUT2D eigenvalue weighted by atomic mass is 19.4. The Morgan fingerprint density at radius 3 is 2.42 bits per heavy atom. The van der Waals surface area contributed by atoms with Crippen molar-refractivity contribution in [2.24, 2.45) is 0 Å². The molecule has 108 valence electrons. The van der Waals surface area contributed by atoms with Crippen LogP contribution in [0.1, 0.15) is 31.9 Å². The molecule has 0 aliphatic heterocycles. The molecule has 1 aromatic carbocycles. The number of halogens is 4. The molecule has 0 saturated carbocycles. The minimum absolute atomic E-state index is 0.0918. The monoisotopic (exact) mass is 279 g/mol. The molecule has 19 heavy (non-hydrogen) atoms. The van der Waals surface area contributed by atoms with Crippen LogP contribution in [0.4, 0.5) is 23.2 Å². The van der Waals surface area contributed by atoms with Crippen LogP contribution < -0.4 is 4.90 Å². The van der Waals surface area contributed by atoms with Gasteiger partial charge in [-0.05, 0) is 25.5 Å². The highest BCUT2D eigenvalue weighted by Crippen LogP contribution is 2.31. The topological polar surface area (TPSA) is 23.5 Å². The van der Waals surface area contributed by atoms with Crippen molar-refractivity contribution in [3.63, 3.8) is 0 Å². The van der Waals surface area contributed by atoms with Gasteiger partial charge in [0.1, 0.15) is 12.4 Å². The number of benzene rings is 1. The third-order valence-electron chi connectivity index (χ3n) is 2.65. The molecule has 0 radical (unpaired) electrons. The van der Waals surface area contributed by atoms with Gasteiger partial charge in [-0.3, -0.25) is 0 Å². The van der Waals surface area contributed by atoms with Crippen LogP contribution in [0, 0.1) is 5.82 Å². The second kappa shape index (κ2) is 6.23. The molecule has 0 aliphatic carbocycles. The number of rotatable bonds is 5. The predicted octanol–water partition coefficient (Wildman–Crippen LogP) is 3.66. The summed E-state index contributed by atoms with van der Waals surface area (Å²) in [5.41, 5.74) is -0.00521. The maximum atomic E-state index is 13.7. The lowest BCUT2D eigenvalue weighted by Gasteiger charge is -2.28. The fourth-order valence-electron chi connectivity index (χ4n) is 1.99. The van der Waals surface area contributed by atoms with Gasteiger partial charge in [0.05, 0.1) is 6.10 Å². The van der Waals surface area contributed by atoms with E-state index in [1.165, 1.54) is 19.1 Å². The summed E-state index contributed by atoms with van der Waals surface area (Å²) in [6.07, 6.45) is -5.05. The molecule has 0 fully saturated rings. The summed E-state index contributed by atoms with van der Waals surface area (Å²) in [4.78, 5) is 1.05. The quantitative estimate of drug-likeness (QED) is 0.831. The maximum absolute atomic E-state index is 13.7. The molecule has 1 aromatic rings. The zero-order valence-electron chi connectivity index (χ0n) is 10.8. The van der Waals surface area contributed by atoms with E-state index < -0.39 is 24.6 Å². The van der Waals surface area contributed by atoms with Crippen LogP contribution in [0.3, 0.4) is 0 Å².